The van der Waals surface area contributed by atoms with E-state index in [2.05, 4.69) is 19.2 Å². The van der Waals surface area contributed by atoms with Gasteiger partial charge in [-0.2, -0.15) is 4.31 Å². The highest BCUT2D eigenvalue weighted by Crippen LogP contribution is 2.23. The van der Waals surface area contributed by atoms with E-state index in [0.717, 1.165) is 12.0 Å². The highest BCUT2D eigenvalue weighted by Gasteiger charge is 2.31. The third-order valence-electron chi connectivity index (χ3n) is 5.33. The molecule has 1 aliphatic rings. The van der Waals surface area contributed by atoms with Gasteiger partial charge in [0, 0.05) is 32.2 Å². The summed E-state index contributed by atoms with van der Waals surface area (Å²) in [6.07, 6.45) is 1.02. The third kappa shape index (κ3) is 5.30. The number of carbonyl (C=O) groups excluding carboxylic acids is 1. The van der Waals surface area contributed by atoms with Gasteiger partial charge in [-0.1, -0.05) is 26.0 Å². The van der Waals surface area contributed by atoms with Gasteiger partial charge in [-0.05, 0) is 50.8 Å². The van der Waals surface area contributed by atoms with Crippen LogP contribution in [0.4, 0.5) is 0 Å². The lowest BCUT2D eigenvalue weighted by Crippen LogP contribution is -2.55. The predicted molar refractivity (Wildman–Crippen MR) is 108 cm³/mol. The van der Waals surface area contributed by atoms with E-state index in [-0.39, 0.29) is 18.0 Å². The molecule has 1 aliphatic heterocycles. The molecule has 1 saturated heterocycles. The van der Waals surface area contributed by atoms with Crippen LogP contribution in [0.25, 0.3) is 0 Å². The Labute approximate surface area is 164 Å². The summed E-state index contributed by atoms with van der Waals surface area (Å²) in [6, 6.07) is 7.09. The summed E-state index contributed by atoms with van der Waals surface area (Å²) in [5.74, 6) is 0.408. The van der Waals surface area contributed by atoms with Crippen molar-refractivity contribution in [2.45, 2.75) is 63.9 Å². The second-order valence-corrected chi connectivity index (χ2v) is 9.60. The second-order valence-electron chi connectivity index (χ2n) is 7.66. The Bertz CT molecular complexity index is 723. The molecule has 152 valence electrons. The maximum Gasteiger partial charge on any atom is 0.243 e. The van der Waals surface area contributed by atoms with Gasteiger partial charge < -0.3 is 5.32 Å². The Morgan fingerprint density at radius 2 is 1.59 bits per heavy atom. The van der Waals surface area contributed by atoms with E-state index in [9.17, 15) is 13.2 Å². The molecule has 1 aromatic carbocycles. The highest BCUT2D eigenvalue weighted by atomic mass is 32.2. The zero-order valence-corrected chi connectivity index (χ0v) is 17.9. The van der Waals surface area contributed by atoms with Crippen molar-refractivity contribution >= 4 is 15.9 Å². The van der Waals surface area contributed by atoms with E-state index in [4.69, 9.17) is 0 Å². The van der Waals surface area contributed by atoms with Gasteiger partial charge in [-0.15, -0.1) is 0 Å². The van der Waals surface area contributed by atoms with Crippen molar-refractivity contribution in [3.05, 3.63) is 29.8 Å². The summed E-state index contributed by atoms with van der Waals surface area (Å²) in [4.78, 5) is 14.6. The molecule has 0 aromatic heterocycles. The van der Waals surface area contributed by atoms with Gasteiger partial charge in [0.1, 0.15) is 0 Å². The molecular formula is C20H33N3O3S. The number of sulfonamides is 1. The van der Waals surface area contributed by atoms with Crippen LogP contribution in [0.5, 0.6) is 0 Å². The molecule has 0 radical (unpaired) electrons. The summed E-state index contributed by atoms with van der Waals surface area (Å²) >= 11 is 0. The largest absolute Gasteiger partial charge is 0.353 e. The van der Waals surface area contributed by atoms with Crippen molar-refractivity contribution < 1.29 is 13.2 Å². The molecular weight excluding hydrogens is 362 g/mol. The average molecular weight is 396 g/mol. The van der Waals surface area contributed by atoms with Crippen molar-refractivity contribution in [3.8, 4) is 0 Å². The summed E-state index contributed by atoms with van der Waals surface area (Å²) in [5.41, 5.74) is 1.16. The van der Waals surface area contributed by atoms with Crippen LogP contribution in [0.3, 0.4) is 0 Å². The molecule has 0 saturated carbocycles. The van der Waals surface area contributed by atoms with E-state index in [0.29, 0.717) is 37.0 Å². The molecule has 6 nitrogen and oxygen atoms in total. The molecule has 1 amide bonds. The van der Waals surface area contributed by atoms with Crippen molar-refractivity contribution in [1.82, 2.24) is 14.5 Å². The van der Waals surface area contributed by atoms with Crippen LogP contribution in [-0.4, -0.2) is 61.8 Å². The Balaban J connectivity index is 2.01. The van der Waals surface area contributed by atoms with E-state index in [1.807, 2.05) is 37.8 Å². The van der Waals surface area contributed by atoms with Gasteiger partial charge in [0.05, 0.1) is 10.9 Å². The molecule has 0 bridgehead atoms. The van der Waals surface area contributed by atoms with Crippen molar-refractivity contribution in [1.29, 1.82) is 0 Å². The van der Waals surface area contributed by atoms with Crippen LogP contribution in [0.15, 0.2) is 29.2 Å². The monoisotopic (exact) mass is 395 g/mol. The number of nitrogens with one attached hydrogen (secondary N) is 1. The van der Waals surface area contributed by atoms with Crippen LogP contribution in [0, 0.1) is 0 Å². The molecule has 1 aromatic rings. The molecule has 2 atom stereocenters. The molecule has 7 heteroatoms. The fourth-order valence-electron chi connectivity index (χ4n) is 3.26. The number of carbonyl (C=O) groups is 1. The molecule has 0 aliphatic carbocycles. The van der Waals surface area contributed by atoms with Crippen LogP contribution in [-0.2, 0) is 14.8 Å². The van der Waals surface area contributed by atoms with E-state index in [1.165, 1.54) is 4.31 Å². The number of rotatable bonds is 7. The first-order valence-electron chi connectivity index (χ1n) is 9.81. The first-order valence-corrected chi connectivity index (χ1v) is 11.2. The quantitative estimate of drug-likeness (QED) is 0.770. The van der Waals surface area contributed by atoms with Crippen molar-refractivity contribution in [3.63, 3.8) is 0 Å². The number of benzene rings is 1. The summed E-state index contributed by atoms with van der Waals surface area (Å²) in [7, 11) is -3.49. The lowest BCUT2D eigenvalue weighted by Gasteiger charge is -2.37. The lowest BCUT2D eigenvalue weighted by molar-refractivity contribution is -0.126. The Morgan fingerprint density at radius 3 is 2.07 bits per heavy atom. The minimum atomic E-state index is -3.49. The first-order chi connectivity index (χ1) is 12.7. The Morgan fingerprint density at radius 1 is 1.04 bits per heavy atom. The molecule has 0 spiro atoms. The topological polar surface area (TPSA) is 69.7 Å². The van der Waals surface area contributed by atoms with Crippen LogP contribution >= 0.6 is 0 Å². The van der Waals surface area contributed by atoms with E-state index < -0.39 is 10.0 Å². The fourth-order valence-corrected chi connectivity index (χ4v) is 4.68. The Hall–Kier alpha value is -1.44. The smallest absolute Gasteiger partial charge is 0.243 e. The zero-order valence-electron chi connectivity index (χ0n) is 17.1. The predicted octanol–water partition coefficient (Wildman–Crippen LogP) is 2.42. The normalized spacial score (nSPS) is 19.0. The minimum Gasteiger partial charge on any atom is -0.353 e. The van der Waals surface area contributed by atoms with Crippen LogP contribution in [0.2, 0.25) is 0 Å². The SMILES string of the molecule is CC[C@H](C)c1ccc(S(=O)(=O)N2CCN([C@H](C)C(=O)NC(C)C)CC2)cc1. The van der Waals surface area contributed by atoms with Gasteiger partial charge in [0.15, 0.2) is 0 Å². The zero-order chi connectivity index (χ0) is 20.2. The second kappa shape index (κ2) is 9.17. The van der Waals surface area contributed by atoms with Gasteiger partial charge in [-0.3, -0.25) is 9.69 Å². The molecule has 1 heterocycles. The molecule has 2 rings (SSSR count). The number of amides is 1. The van der Waals surface area contributed by atoms with Gasteiger partial charge in [-0.25, -0.2) is 8.42 Å². The summed E-state index contributed by atoms with van der Waals surface area (Å²) in [5, 5.41) is 2.91. The highest BCUT2D eigenvalue weighted by molar-refractivity contribution is 7.89. The minimum absolute atomic E-state index is 0.0121. The summed E-state index contributed by atoms with van der Waals surface area (Å²) in [6.45, 7) is 11.9. The van der Waals surface area contributed by atoms with Gasteiger partial charge in [0.2, 0.25) is 15.9 Å². The van der Waals surface area contributed by atoms with E-state index >= 15 is 0 Å². The lowest BCUT2D eigenvalue weighted by atomic mass is 9.99. The molecule has 0 unspecified atom stereocenters. The summed E-state index contributed by atoms with van der Waals surface area (Å²) < 4.78 is 27.4. The van der Waals surface area contributed by atoms with Gasteiger partial charge in [0.25, 0.3) is 0 Å². The molecule has 27 heavy (non-hydrogen) atoms. The number of nitrogens with zero attached hydrogens (tertiary/aromatic N) is 2. The van der Waals surface area contributed by atoms with Crippen molar-refractivity contribution in [2.75, 3.05) is 26.2 Å². The average Bonchev–Trinajstić information content (AvgIpc) is 2.66. The maximum atomic E-state index is 12.9. The number of hydrogen-bond donors (Lipinski definition) is 1. The number of hydrogen-bond acceptors (Lipinski definition) is 4. The number of piperazine rings is 1. The van der Waals surface area contributed by atoms with Gasteiger partial charge >= 0.3 is 0 Å². The first kappa shape index (κ1) is 21.9. The standard InChI is InChI=1S/C20H33N3O3S/c1-6-16(4)18-7-9-19(10-8-18)27(25,26)23-13-11-22(12-14-23)17(5)20(24)21-15(2)3/h7-10,15-17H,6,11-14H2,1-5H3,(H,21,24)/t16-,17+/m0/s1. The van der Waals surface area contributed by atoms with Crippen LogP contribution < -0.4 is 5.32 Å². The maximum absolute atomic E-state index is 12.9. The molecule has 1 fully saturated rings. The third-order valence-corrected chi connectivity index (χ3v) is 7.24. The Kier molecular flexibility index (Phi) is 7.42. The fraction of sp³-hybridized carbons (Fsp3) is 0.650. The van der Waals surface area contributed by atoms with Crippen molar-refractivity contribution in [2.24, 2.45) is 0 Å². The van der Waals surface area contributed by atoms with E-state index in [1.54, 1.807) is 12.1 Å². The van der Waals surface area contributed by atoms with Crippen LogP contribution in [0.1, 0.15) is 52.5 Å². The molecule has 1 N–H and O–H groups in total.